The Balaban J connectivity index is 2.43. The van der Waals surface area contributed by atoms with Gasteiger partial charge in [0.1, 0.15) is 5.75 Å². The van der Waals surface area contributed by atoms with Gasteiger partial charge in [0.25, 0.3) is 0 Å². The summed E-state index contributed by atoms with van der Waals surface area (Å²) < 4.78 is 19.4. The number of para-hydroxylation sites is 1. The fourth-order valence-electron chi connectivity index (χ4n) is 1.80. The summed E-state index contributed by atoms with van der Waals surface area (Å²) in [6, 6.07) is 9.56. The molecule has 0 bridgehead atoms. The lowest BCUT2D eigenvalue weighted by atomic mass is 10.1. The molecule has 2 aromatic carbocycles. The molecule has 0 unspecified atom stereocenters. The van der Waals surface area contributed by atoms with Gasteiger partial charge in [0.2, 0.25) is 0 Å². The Bertz CT molecular complexity index is 597. The molecular weight excluding hydrogens is 267 g/mol. The van der Waals surface area contributed by atoms with Gasteiger partial charge in [-0.1, -0.05) is 23.7 Å². The molecule has 2 nitrogen and oxygen atoms in total. The zero-order valence-electron chi connectivity index (χ0n) is 10.7. The molecule has 0 heterocycles. The van der Waals surface area contributed by atoms with Gasteiger partial charge in [-0.2, -0.15) is 0 Å². The van der Waals surface area contributed by atoms with Crippen LogP contribution < -0.4 is 4.74 Å². The number of rotatable bonds is 3. The van der Waals surface area contributed by atoms with Crippen LogP contribution in [0.15, 0.2) is 36.4 Å². The summed E-state index contributed by atoms with van der Waals surface area (Å²) >= 11 is 5.86. The van der Waals surface area contributed by atoms with Crippen LogP contribution in [-0.2, 0) is 0 Å². The molecule has 19 heavy (non-hydrogen) atoms. The van der Waals surface area contributed by atoms with E-state index in [1.165, 1.54) is 6.07 Å². The van der Waals surface area contributed by atoms with Gasteiger partial charge in [-0.05, 0) is 43.7 Å². The third-order valence-corrected chi connectivity index (χ3v) is 3.03. The first-order chi connectivity index (χ1) is 8.99. The quantitative estimate of drug-likeness (QED) is 0.888. The van der Waals surface area contributed by atoms with Crippen molar-refractivity contribution in [2.45, 2.75) is 20.0 Å². The van der Waals surface area contributed by atoms with E-state index < -0.39 is 11.9 Å². The van der Waals surface area contributed by atoms with Crippen LogP contribution in [0.25, 0.3) is 0 Å². The van der Waals surface area contributed by atoms with Crippen molar-refractivity contribution < 1.29 is 14.2 Å². The molecule has 0 spiro atoms. The molecule has 0 fully saturated rings. The zero-order chi connectivity index (χ0) is 14.0. The van der Waals surface area contributed by atoms with Gasteiger partial charge in [0, 0.05) is 10.6 Å². The average molecular weight is 281 g/mol. The molecule has 2 rings (SSSR count). The molecule has 0 radical (unpaired) electrons. The number of ether oxygens (including phenoxy) is 1. The highest BCUT2D eigenvalue weighted by molar-refractivity contribution is 6.30. The van der Waals surface area contributed by atoms with Crippen LogP contribution in [-0.4, -0.2) is 5.11 Å². The second-order valence-corrected chi connectivity index (χ2v) is 4.78. The first kappa shape index (κ1) is 13.8. The van der Waals surface area contributed by atoms with E-state index in [4.69, 9.17) is 16.3 Å². The molecule has 100 valence electrons. The van der Waals surface area contributed by atoms with E-state index in [2.05, 4.69) is 0 Å². The van der Waals surface area contributed by atoms with Gasteiger partial charge >= 0.3 is 0 Å². The highest BCUT2D eigenvalue weighted by Crippen LogP contribution is 2.34. The van der Waals surface area contributed by atoms with Crippen LogP contribution >= 0.6 is 11.6 Å². The van der Waals surface area contributed by atoms with Crippen LogP contribution in [0.2, 0.25) is 5.02 Å². The Morgan fingerprint density at radius 3 is 2.63 bits per heavy atom. The first-order valence-corrected chi connectivity index (χ1v) is 6.27. The number of hydrogen-bond donors (Lipinski definition) is 1. The van der Waals surface area contributed by atoms with E-state index in [0.717, 1.165) is 5.56 Å². The lowest BCUT2D eigenvalue weighted by Gasteiger charge is -2.15. The number of hydrogen-bond acceptors (Lipinski definition) is 2. The lowest BCUT2D eigenvalue weighted by Crippen LogP contribution is -1.99. The lowest BCUT2D eigenvalue weighted by molar-refractivity contribution is 0.194. The zero-order valence-corrected chi connectivity index (χ0v) is 11.4. The van der Waals surface area contributed by atoms with E-state index in [1.54, 1.807) is 37.3 Å². The molecule has 0 aromatic heterocycles. The van der Waals surface area contributed by atoms with Gasteiger partial charge in [0.15, 0.2) is 11.6 Å². The van der Waals surface area contributed by atoms with Crippen LogP contribution in [0, 0.1) is 12.7 Å². The molecule has 1 atom stereocenters. The van der Waals surface area contributed by atoms with Crippen molar-refractivity contribution in [3.63, 3.8) is 0 Å². The highest BCUT2D eigenvalue weighted by atomic mass is 35.5. The maximum absolute atomic E-state index is 13.8. The minimum absolute atomic E-state index is 0.0444. The van der Waals surface area contributed by atoms with Gasteiger partial charge < -0.3 is 9.84 Å². The van der Waals surface area contributed by atoms with E-state index in [9.17, 15) is 9.50 Å². The molecule has 4 heteroatoms. The summed E-state index contributed by atoms with van der Waals surface area (Å²) in [6.07, 6.45) is -0.807. The van der Waals surface area contributed by atoms with Gasteiger partial charge in [-0.3, -0.25) is 0 Å². The molecule has 0 aliphatic heterocycles. The predicted octanol–water partition coefficient (Wildman–Crippen LogP) is 4.63. The SMILES string of the molecule is Cc1cc(Cl)ccc1Oc1c(F)cccc1[C@@H](C)O. The fraction of sp³-hybridized carbons (Fsp3) is 0.200. The third-order valence-electron chi connectivity index (χ3n) is 2.80. The summed E-state index contributed by atoms with van der Waals surface area (Å²) in [5, 5.41) is 10.2. The summed E-state index contributed by atoms with van der Waals surface area (Å²) in [6.45, 7) is 3.39. The van der Waals surface area contributed by atoms with Crippen molar-refractivity contribution in [3.8, 4) is 11.5 Å². The van der Waals surface area contributed by atoms with E-state index in [-0.39, 0.29) is 5.75 Å². The predicted molar refractivity (Wildman–Crippen MR) is 73.3 cm³/mol. The van der Waals surface area contributed by atoms with Crippen molar-refractivity contribution >= 4 is 11.6 Å². The molecule has 0 aliphatic rings. The number of halogens is 2. The standard InChI is InChI=1S/C15H14ClFO2/c1-9-8-11(16)6-7-14(9)19-15-12(10(2)18)4-3-5-13(15)17/h3-8,10,18H,1-2H3/t10-/m1/s1. The van der Waals surface area contributed by atoms with Gasteiger partial charge in [-0.25, -0.2) is 4.39 Å². The van der Waals surface area contributed by atoms with Crippen molar-refractivity contribution in [2.75, 3.05) is 0 Å². The molecule has 2 aromatic rings. The second kappa shape index (κ2) is 5.59. The maximum Gasteiger partial charge on any atom is 0.168 e. The van der Waals surface area contributed by atoms with E-state index >= 15 is 0 Å². The molecule has 1 N–H and O–H groups in total. The topological polar surface area (TPSA) is 29.5 Å². The Labute approximate surface area is 116 Å². The van der Waals surface area contributed by atoms with E-state index in [0.29, 0.717) is 16.3 Å². The maximum atomic E-state index is 13.8. The number of aryl methyl sites for hydroxylation is 1. The molecule has 0 aliphatic carbocycles. The minimum Gasteiger partial charge on any atom is -0.454 e. The van der Waals surface area contributed by atoms with Crippen LogP contribution in [0.5, 0.6) is 11.5 Å². The summed E-state index contributed by atoms with van der Waals surface area (Å²) in [5.41, 5.74) is 1.21. The van der Waals surface area contributed by atoms with Gasteiger partial charge in [-0.15, -0.1) is 0 Å². The normalized spacial score (nSPS) is 12.3. The Morgan fingerprint density at radius 2 is 2.00 bits per heavy atom. The van der Waals surface area contributed by atoms with E-state index in [1.807, 2.05) is 6.92 Å². The number of aliphatic hydroxyl groups excluding tert-OH is 1. The van der Waals surface area contributed by atoms with Crippen molar-refractivity contribution in [1.82, 2.24) is 0 Å². The number of aliphatic hydroxyl groups is 1. The molecule has 0 saturated heterocycles. The molecular formula is C15H14ClFO2. The van der Waals surface area contributed by atoms with Crippen LogP contribution in [0.4, 0.5) is 4.39 Å². The van der Waals surface area contributed by atoms with Crippen molar-refractivity contribution in [1.29, 1.82) is 0 Å². The monoisotopic (exact) mass is 280 g/mol. The fourth-order valence-corrected chi connectivity index (χ4v) is 2.03. The number of benzene rings is 2. The highest BCUT2D eigenvalue weighted by Gasteiger charge is 2.15. The Hall–Kier alpha value is -1.58. The van der Waals surface area contributed by atoms with Crippen molar-refractivity contribution in [3.05, 3.63) is 58.4 Å². The largest absolute Gasteiger partial charge is 0.454 e. The summed E-state index contributed by atoms with van der Waals surface area (Å²) in [7, 11) is 0. The first-order valence-electron chi connectivity index (χ1n) is 5.89. The summed E-state index contributed by atoms with van der Waals surface area (Å²) in [4.78, 5) is 0. The van der Waals surface area contributed by atoms with Crippen LogP contribution in [0.3, 0.4) is 0 Å². The van der Waals surface area contributed by atoms with Gasteiger partial charge in [0.05, 0.1) is 6.10 Å². The minimum atomic E-state index is -0.807. The molecule has 0 saturated carbocycles. The Kier molecular flexibility index (Phi) is 4.08. The smallest absolute Gasteiger partial charge is 0.168 e. The third kappa shape index (κ3) is 3.06. The average Bonchev–Trinajstić information content (AvgIpc) is 2.34. The van der Waals surface area contributed by atoms with Crippen molar-refractivity contribution in [2.24, 2.45) is 0 Å². The molecule has 0 amide bonds. The summed E-state index contributed by atoms with van der Waals surface area (Å²) in [5.74, 6) is 0.0482. The Morgan fingerprint density at radius 1 is 1.26 bits per heavy atom. The second-order valence-electron chi connectivity index (χ2n) is 4.35. The van der Waals surface area contributed by atoms with Crippen LogP contribution in [0.1, 0.15) is 24.2 Å².